The number of anilines is 1. The quantitative estimate of drug-likeness (QED) is 0.511. The van der Waals surface area contributed by atoms with Gasteiger partial charge in [0.15, 0.2) is 17.5 Å². The molecule has 20 heavy (non-hydrogen) atoms. The lowest BCUT2D eigenvalue weighted by atomic mass is 10.3. The van der Waals surface area contributed by atoms with E-state index in [-0.39, 0.29) is 6.07 Å². The predicted octanol–water partition coefficient (Wildman–Crippen LogP) is 2.52. The second kappa shape index (κ2) is 5.26. The van der Waals surface area contributed by atoms with E-state index in [9.17, 15) is 35.1 Å². The normalized spacial score (nSPS) is 12.7. The van der Waals surface area contributed by atoms with Gasteiger partial charge in [0.25, 0.3) is 12.0 Å². The van der Waals surface area contributed by atoms with E-state index < -0.39 is 41.8 Å². The van der Waals surface area contributed by atoms with Crippen molar-refractivity contribution in [2.24, 2.45) is 5.84 Å². The van der Waals surface area contributed by atoms with Crippen molar-refractivity contribution in [2.45, 2.75) is 18.5 Å². The number of pyridine rings is 1. The Morgan fingerprint density at radius 1 is 1.05 bits per heavy atom. The Morgan fingerprint density at radius 3 is 1.95 bits per heavy atom. The number of nitrogens with zero attached hydrogens (tertiary/aromatic N) is 1. The fraction of sp³-hybridized carbons (Fsp3) is 0.375. The van der Waals surface area contributed by atoms with Gasteiger partial charge in [0.2, 0.25) is 0 Å². The summed E-state index contributed by atoms with van der Waals surface area (Å²) < 4.78 is 103. The van der Waals surface area contributed by atoms with Crippen LogP contribution in [0.2, 0.25) is 0 Å². The van der Waals surface area contributed by atoms with Gasteiger partial charge >= 0.3 is 12.4 Å². The molecule has 0 aliphatic carbocycles. The third kappa shape index (κ3) is 3.59. The van der Waals surface area contributed by atoms with Crippen LogP contribution in [-0.4, -0.2) is 23.4 Å². The van der Waals surface area contributed by atoms with Gasteiger partial charge in [0.05, 0.1) is 0 Å². The Hall–Kier alpha value is -1.85. The smallest absolute Gasteiger partial charge is 0.434 e. The predicted molar refractivity (Wildman–Crippen MR) is 48.5 cm³/mol. The van der Waals surface area contributed by atoms with Gasteiger partial charge in [0.1, 0.15) is 0 Å². The Labute approximate surface area is 105 Å². The Balaban J connectivity index is 3.19. The van der Waals surface area contributed by atoms with Crippen molar-refractivity contribution in [1.82, 2.24) is 4.98 Å². The minimum Gasteiger partial charge on any atom is -0.453 e. The number of nitrogens with one attached hydrogen (secondary N) is 1. The number of aromatic nitrogens is 1. The van der Waals surface area contributed by atoms with Crippen LogP contribution >= 0.6 is 0 Å². The summed E-state index contributed by atoms with van der Waals surface area (Å²) in [6, 6.07) is -0.0265. The zero-order chi connectivity index (χ0) is 15.7. The van der Waals surface area contributed by atoms with E-state index in [2.05, 4.69) is 9.72 Å². The van der Waals surface area contributed by atoms with E-state index in [1.54, 1.807) is 0 Å². The fourth-order valence-electron chi connectivity index (χ4n) is 1.06. The van der Waals surface area contributed by atoms with Crippen LogP contribution in [0.15, 0.2) is 6.07 Å². The molecule has 1 aromatic rings. The van der Waals surface area contributed by atoms with E-state index in [0.717, 1.165) is 0 Å². The fourth-order valence-corrected chi connectivity index (χ4v) is 1.06. The third-order valence-electron chi connectivity index (χ3n) is 1.86. The van der Waals surface area contributed by atoms with E-state index in [0.29, 0.717) is 0 Å². The first-order valence-corrected chi connectivity index (χ1v) is 4.59. The minimum absolute atomic E-state index is 0.0265. The van der Waals surface area contributed by atoms with Crippen molar-refractivity contribution in [3.05, 3.63) is 17.7 Å². The molecule has 0 amide bonds. The molecule has 0 aliphatic heterocycles. The molecule has 0 bridgehead atoms. The Kier molecular flexibility index (Phi) is 4.27. The maximum atomic E-state index is 13.1. The summed E-state index contributed by atoms with van der Waals surface area (Å²) in [7, 11) is 0. The van der Waals surface area contributed by atoms with Crippen LogP contribution in [-0.2, 0) is 0 Å². The molecular weight excluding hydrogens is 306 g/mol. The average Bonchev–Trinajstić information content (AvgIpc) is 2.24. The molecule has 0 aliphatic rings. The van der Waals surface area contributed by atoms with Crippen molar-refractivity contribution in [2.75, 3.05) is 5.43 Å². The molecule has 0 aromatic carbocycles. The lowest BCUT2D eigenvalue weighted by molar-refractivity contribution is -0.300. The highest BCUT2D eigenvalue weighted by atomic mass is 19.4. The molecule has 1 rings (SSSR count). The third-order valence-corrected chi connectivity index (χ3v) is 1.86. The van der Waals surface area contributed by atoms with Crippen LogP contribution in [0.3, 0.4) is 0 Å². The van der Waals surface area contributed by atoms with Crippen LogP contribution in [0.5, 0.6) is 5.88 Å². The summed E-state index contributed by atoms with van der Waals surface area (Å²) in [4.78, 5) is 2.75. The molecule has 3 N–H and O–H groups in total. The molecule has 0 atom stereocenters. The summed E-state index contributed by atoms with van der Waals surface area (Å²) in [5, 5.41) is 0. The minimum atomic E-state index is -5.86. The van der Waals surface area contributed by atoms with Crippen molar-refractivity contribution in [1.29, 1.82) is 0 Å². The van der Waals surface area contributed by atoms with Gasteiger partial charge in [-0.05, 0) is 0 Å². The zero-order valence-corrected chi connectivity index (χ0v) is 9.11. The topological polar surface area (TPSA) is 60.2 Å². The molecule has 0 fully saturated rings. The molecule has 0 spiro atoms. The molecule has 1 aromatic heterocycles. The number of halogens is 8. The monoisotopic (exact) mass is 311 g/mol. The summed E-state index contributed by atoms with van der Waals surface area (Å²) in [5.41, 5.74) is 1.52. The van der Waals surface area contributed by atoms with Gasteiger partial charge in [-0.3, -0.25) is 0 Å². The standard InChI is InChI=1S/C8H5F8N3O/c9-2-1-3(10)5(18-4(2)19-17)20-6(7(11,12)13)8(14,15)16/h1,6H,17H2,(H,18,19). The van der Waals surface area contributed by atoms with Gasteiger partial charge in [-0.2, -0.15) is 31.3 Å². The molecule has 12 heteroatoms. The molecule has 0 unspecified atom stereocenters. The first kappa shape index (κ1) is 16.2. The van der Waals surface area contributed by atoms with E-state index in [4.69, 9.17) is 5.84 Å². The zero-order valence-electron chi connectivity index (χ0n) is 9.11. The number of ether oxygens (including phenoxy) is 1. The van der Waals surface area contributed by atoms with Crippen molar-refractivity contribution < 1.29 is 39.9 Å². The first-order valence-electron chi connectivity index (χ1n) is 4.59. The number of hydrogen-bond donors (Lipinski definition) is 2. The second-order valence-electron chi connectivity index (χ2n) is 3.33. The van der Waals surface area contributed by atoms with E-state index in [1.807, 2.05) is 0 Å². The number of nitrogens with two attached hydrogens (primary N) is 1. The Morgan fingerprint density at radius 2 is 1.55 bits per heavy atom. The van der Waals surface area contributed by atoms with Crippen molar-refractivity contribution in [3.8, 4) is 5.88 Å². The summed E-state index contributed by atoms with van der Waals surface area (Å²) in [5.74, 6) is -1.25. The number of rotatable bonds is 3. The first-order chi connectivity index (χ1) is 8.96. The molecule has 4 nitrogen and oxygen atoms in total. The highest BCUT2D eigenvalue weighted by Gasteiger charge is 2.59. The lowest BCUT2D eigenvalue weighted by Crippen LogP contribution is -2.46. The van der Waals surface area contributed by atoms with Crippen LogP contribution in [0.1, 0.15) is 0 Å². The number of alkyl halides is 6. The summed E-state index contributed by atoms with van der Waals surface area (Å²) in [6.45, 7) is 0. The highest BCUT2D eigenvalue weighted by Crippen LogP contribution is 2.37. The van der Waals surface area contributed by atoms with Gasteiger partial charge < -0.3 is 10.2 Å². The van der Waals surface area contributed by atoms with Gasteiger partial charge in [-0.15, -0.1) is 0 Å². The maximum Gasteiger partial charge on any atom is 0.434 e. The SMILES string of the molecule is NNc1nc(OC(C(F)(F)F)C(F)(F)F)c(F)cc1F. The highest BCUT2D eigenvalue weighted by molar-refractivity contribution is 5.38. The number of hydrazine groups is 1. The van der Waals surface area contributed by atoms with Gasteiger partial charge in [0, 0.05) is 6.07 Å². The number of nitrogen functional groups attached to an aromatic ring is 1. The molecule has 1 heterocycles. The van der Waals surface area contributed by atoms with Gasteiger partial charge in [-0.25, -0.2) is 14.6 Å². The van der Waals surface area contributed by atoms with Crippen LogP contribution in [0, 0.1) is 11.6 Å². The summed E-state index contributed by atoms with van der Waals surface area (Å²) >= 11 is 0. The average molecular weight is 311 g/mol. The molecule has 0 saturated carbocycles. The van der Waals surface area contributed by atoms with E-state index >= 15 is 0 Å². The maximum absolute atomic E-state index is 13.1. The molecule has 0 saturated heterocycles. The van der Waals surface area contributed by atoms with Crippen LogP contribution in [0.25, 0.3) is 0 Å². The molecule has 0 radical (unpaired) electrons. The van der Waals surface area contributed by atoms with Gasteiger partial charge in [-0.1, -0.05) is 0 Å². The van der Waals surface area contributed by atoms with Crippen LogP contribution in [0.4, 0.5) is 40.9 Å². The number of hydrogen-bond acceptors (Lipinski definition) is 4. The van der Waals surface area contributed by atoms with E-state index in [1.165, 1.54) is 5.43 Å². The van der Waals surface area contributed by atoms with Crippen LogP contribution < -0.4 is 16.0 Å². The summed E-state index contributed by atoms with van der Waals surface area (Å²) in [6.07, 6.45) is -16.0. The molecule has 114 valence electrons. The Bertz CT molecular complexity index is 472. The lowest BCUT2D eigenvalue weighted by Gasteiger charge is -2.23. The second-order valence-corrected chi connectivity index (χ2v) is 3.33. The van der Waals surface area contributed by atoms with Crippen molar-refractivity contribution >= 4 is 5.82 Å². The largest absolute Gasteiger partial charge is 0.453 e. The molecular formula is C8H5F8N3O. The van der Waals surface area contributed by atoms with Crippen molar-refractivity contribution in [3.63, 3.8) is 0 Å².